The Bertz CT molecular complexity index is 1430. The standard InChI is InChI=1S/C30H30N4O2/c1-29(2)31-19-9-5-7-15-11-13-17(25(33-29)21(15)19)23-27(35)24(28(23)36)18-14-12-16-8-6-10-20-22(16)26(18)34-30(3,4)32-20/h5-14,23-24,27-28,31-34H,1-4H3/q-2. The van der Waals surface area contributed by atoms with Crippen molar-refractivity contribution in [3.63, 3.8) is 0 Å². The predicted molar refractivity (Wildman–Crippen MR) is 144 cm³/mol. The molecule has 4 aromatic rings. The fourth-order valence-electron chi connectivity index (χ4n) is 6.57. The number of anilines is 4. The van der Waals surface area contributed by atoms with Gasteiger partial charge in [0.2, 0.25) is 0 Å². The van der Waals surface area contributed by atoms with Crippen LogP contribution in [0.3, 0.4) is 0 Å². The first-order chi connectivity index (χ1) is 17.1. The normalized spacial score (nSPS) is 26.8. The third kappa shape index (κ3) is 2.98. The van der Waals surface area contributed by atoms with Crippen LogP contribution in [0.15, 0.2) is 60.7 Å². The monoisotopic (exact) mass is 478 g/mol. The maximum absolute atomic E-state index is 13.9. The number of hydrogen-bond acceptors (Lipinski definition) is 6. The summed E-state index contributed by atoms with van der Waals surface area (Å²) in [5, 5.41) is 46.3. The lowest BCUT2D eigenvalue weighted by Gasteiger charge is -2.62. The zero-order valence-corrected chi connectivity index (χ0v) is 20.9. The Morgan fingerprint density at radius 3 is 1.39 bits per heavy atom. The van der Waals surface area contributed by atoms with Gasteiger partial charge in [0.1, 0.15) is 11.3 Å². The van der Waals surface area contributed by atoms with Gasteiger partial charge in [0.05, 0.1) is 0 Å². The minimum absolute atomic E-state index is 0.390. The van der Waals surface area contributed by atoms with Gasteiger partial charge in [-0.3, -0.25) is 0 Å². The fraction of sp³-hybridized carbons (Fsp3) is 0.333. The van der Waals surface area contributed by atoms with Crippen molar-refractivity contribution in [3.8, 4) is 0 Å². The second-order valence-electron chi connectivity index (χ2n) is 11.6. The third-order valence-electron chi connectivity index (χ3n) is 8.06. The van der Waals surface area contributed by atoms with Crippen molar-refractivity contribution in [2.24, 2.45) is 0 Å². The van der Waals surface area contributed by atoms with Crippen molar-refractivity contribution >= 4 is 44.3 Å². The van der Waals surface area contributed by atoms with Crippen LogP contribution in [0.2, 0.25) is 0 Å². The van der Waals surface area contributed by atoms with Crippen molar-refractivity contribution in [2.45, 2.75) is 63.1 Å². The molecule has 6 heteroatoms. The highest BCUT2D eigenvalue weighted by atomic mass is 16.3. The van der Waals surface area contributed by atoms with Crippen LogP contribution in [0, 0.1) is 0 Å². The zero-order chi connectivity index (χ0) is 25.0. The van der Waals surface area contributed by atoms with E-state index in [4.69, 9.17) is 0 Å². The minimum atomic E-state index is -1.02. The molecule has 1 saturated carbocycles. The molecule has 0 spiro atoms. The van der Waals surface area contributed by atoms with E-state index in [0.29, 0.717) is 0 Å². The van der Waals surface area contributed by atoms with E-state index in [1.54, 1.807) is 0 Å². The van der Waals surface area contributed by atoms with Gasteiger partial charge in [0, 0.05) is 33.5 Å². The molecule has 36 heavy (non-hydrogen) atoms. The van der Waals surface area contributed by atoms with Gasteiger partial charge in [-0.2, -0.15) is 0 Å². The van der Waals surface area contributed by atoms with Crippen LogP contribution in [-0.2, 0) is 0 Å². The van der Waals surface area contributed by atoms with E-state index in [1.807, 2.05) is 36.4 Å². The highest BCUT2D eigenvalue weighted by Crippen LogP contribution is 2.53. The molecule has 1 aliphatic carbocycles. The maximum Gasteiger partial charge on any atom is 0.102 e. The Hall–Kier alpha value is -3.48. The summed E-state index contributed by atoms with van der Waals surface area (Å²) in [6.45, 7) is 8.27. The molecular formula is C30H30N4O2-2. The van der Waals surface area contributed by atoms with Gasteiger partial charge in [-0.15, -0.1) is 12.2 Å². The Labute approximate surface area is 210 Å². The molecule has 3 aliphatic rings. The fourth-order valence-corrected chi connectivity index (χ4v) is 6.57. The molecular weight excluding hydrogens is 448 g/mol. The SMILES string of the molecule is CC1(C)Nc2cccc3ccc(C4C([O-])C(c5ccc6cccc7c6c5NC(C)(C)N7)C4[O-])c(c23)N1. The summed E-state index contributed by atoms with van der Waals surface area (Å²) < 4.78 is 0. The lowest BCUT2D eigenvalue weighted by Crippen LogP contribution is -2.64. The lowest BCUT2D eigenvalue weighted by atomic mass is 9.62. The summed E-state index contributed by atoms with van der Waals surface area (Å²) in [6, 6.07) is 20.4. The zero-order valence-electron chi connectivity index (χ0n) is 20.9. The first-order valence-corrected chi connectivity index (χ1v) is 12.7. The molecule has 0 radical (unpaired) electrons. The average Bonchev–Trinajstić information content (AvgIpc) is 2.81. The Balaban J connectivity index is 1.33. The average molecular weight is 479 g/mol. The molecule has 0 atom stereocenters. The highest BCUT2D eigenvalue weighted by molar-refractivity contribution is 6.07. The number of benzene rings is 4. The van der Waals surface area contributed by atoms with Crippen LogP contribution in [-0.4, -0.2) is 23.5 Å². The minimum Gasteiger partial charge on any atom is -0.851 e. The molecule has 4 aromatic carbocycles. The van der Waals surface area contributed by atoms with Crippen molar-refractivity contribution in [1.82, 2.24) is 0 Å². The van der Waals surface area contributed by atoms with Crippen molar-refractivity contribution < 1.29 is 10.2 Å². The first kappa shape index (κ1) is 21.8. The summed E-state index contributed by atoms with van der Waals surface area (Å²) in [6.07, 6.45) is -2.04. The Morgan fingerprint density at radius 1 is 0.556 bits per heavy atom. The molecule has 184 valence electrons. The van der Waals surface area contributed by atoms with Gasteiger partial charge in [-0.25, -0.2) is 0 Å². The van der Waals surface area contributed by atoms with E-state index in [9.17, 15) is 10.2 Å². The third-order valence-corrected chi connectivity index (χ3v) is 8.06. The second-order valence-corrected chi connectivity index (χ2v) is 11.6. The summed E-state index contributed by atoms with van der Waals surface area (Å²) in [4.78, 5) is 0. The van der Waals surface area contributed by atoms with Gasteiger partial charge < -0.3 is 31.5 Å². The number of nitrogens with one attached hydrogen (secondary N) is 4. The van der Waals surface area contributed by atoms with Gasteiger partial charge in [0.25, 0.3) is 0 Å². The number of rotatable bonds is 2. The maximum atomic E-state index is 13.9. The molecule has 7 rings (SSSR count). The first-order valence-electron chi connectivity index (χ1n) is 12.7. The molecule has 2 aliphatic heterocycles. The number of hydrogen-bond donors (Lipinski definition) is 4. The van der Waals surface area contributed by atoms with E-state index in [-0.39, 0.29) is 0 Å². The van der Waals surface area contributed by atoms with Crippen LogP contribution in [0.25, 0.3) is 21.5 Å². The largest absolute Gasteiger partial charge is 0.851 e. The molecule has 0 bridgehead atoms. The van der Waals surface area contributed by atoms with Crippen molar-refractivity contribution in [2.75, 3.05) is 21.3 Å². The van der Waals surface area contributed by atoms with E-state index < -0.39 is 35.4 Å². The predicted octanol–water partition coefficient (Wildman–Crippen LogP) is 4.48. The Kier molecular flexibility index (Phi) is 4.27. The van der Waals surface area contributed by atoms with Crippen LogP contribution >= 0.6 is 0 Å². The molecule has 0 amide bonds. The molecule has 0 saturated heterocycles. The molecule has 2 heterocycles. The van der Waals surface area contributed by atoms with E-state index in [1.165, 1.54) is 0 Å². The second kappa shape index (κ2) is 7.05. The van der Waals surface area contributed by atoms with Gasteiger partial charge >= 0.3 is 0 Å². The van der Waals surface area contributed by atoms with Gasteiger partial charge in [-0.05, 0) is 73.6 Å². The van der Waals surface area contributed by atoms with Gasteiger partial charge in [-0.1, -0.05) is 48.5 Å². The smallest absolute Gasteiger partial charge is 0.102 e. The van der Waals surface area contributed by atoms with E-state index in [2.05, 4.69) is 73.2 Å². The highest BCUT2D eigenvalue weighted by Gasteiger charge is 2.43. The van der Waals surface area contributed by atoms with Crippen LogP contribution in [0.5, 0.6) is 0 Å². The molecule has 0 aromatic heterocycles. The lowest BCUT2D eigenvalue weighted by molar-refractivity contribution is -0.535. The topological polar surface area (TPSA) is 94.2 Å². The summed E-state index contributed by atoms with van der Waals surface area (Å²) >= 11 is 0. The molecule has 1 fully saturated rings. The van der Waals surface area contributed by atoms with Crippen LogP contribution < -0.4 is 31.5 Å². The summed E-state index contributed by atoms with van der Waals surface area (Å²) in [5.74, 6) is -1.20. The van der Waals surface area contributed by atoms with Crippen LogP contribution in [0.4, 0.5) is 22.7 Å². The molecule has 0 unspecified atom stereocenters. The quantitative estimate of drug-likeness (QED) is 0.339. The van der Waals surface area contributed by atoms with Crippen molar-refractivity contribution in [3.05, 3.63) is 71.8 Å². The Morgan fingerprint density at radius 2 is 0.972 bits per heavy atom. The van der Waals surface area contributed by atoms with E-state index in [0.717, 1.165) is 55.4 Å². The molecule has 6 nitrogen and oxygen atoms in total. The van der Waals surface area contributed by atoms with E-state index >= 15 is 0 Å². The van der Waals surface area contributed by atoms with Crippen LogP contribution in [0.1, 0.15) is 50.7 Å². The summed E-state index contributed by atoms with van der Waals surface area (Å²) in [5.41, 5.74) is 4.79. The van der Waals surface area contributed by atoms with Crippen molar-refractivity contribution in [1.29, 1.82) is 0 Å². The summed E-state index contributed by atoms with van der Waals surface area (Å²) in [7, 11) is 0. The van der Waals surface area contributed by atoms with Gasteiger partial charge in [0.15, 0.2) is 0 Å². The molecule has 4 N–H and O–H groups in total.